The van der Waals surface area contributed by atoms with Crippen LogP contribution in [-0.2, 0) is 11.3 Å². The summed E-state index contributed by atoms with van der Waals surface area (Å²) in [5.41, 5.74) is 1.17. The van der Waals surface area contributed by atoms with Crippen LogP contribution in [0.4, 0.5) is 0 Å². The summed E-state index contributed by atoms with van der Waals surface area (Å²) in [4.78, 5) is 14.5. The average Bonchev–Trinajstić information content (AvgIpc) is 3.14. The highest BCUT2D eigenvalue weighted by Gasteiger charge is 2.15. The van der Waals surface area contributed by atoms with E-state index in [2.05, 4.69) is 34.9 Å². The summed E-state index contributed by atoms with van der Waals surface area (Å²) < 4.78 is 0. The number of nitrogens with one attached hydrogen (secondary N) is 2. The third kappa shape index (κ3) is 6.38. The van der Waals surface area contributed by atoms with Crippen LogP contribution in [0, 0.1) is 5.92 Å². The van der Waals surface area contributed by atoms with E-state index >= 15 is 0 Å². The van der Waals surface area contributed by atoms with Gasteiger partial charge in [0.25, 0.3) is 0 Å². The molecule has 0 radical (unpaired) electrons. The third-order valence-electron chi connectivity index (χ3n) is 4.36. The van der Waals surface area contributed by atoms with E-state index < -0.39 is 0 Å². The third-order valence-corrected chi connectivity index (χ3v) is 5.49. The van der Waals surface area contributed by atoms with Crippen molar-refractivity contribution in [3.63, 3.8) is 0 Å². The fourth-order valence-electron chi connectivity index (χ4n) is 2.94. The molecular weight excluding hydrogens is 352 g/mol. The lowest BCUT2D eigenvalue weighted by molar-refractivity contribution is -0.121. The maximum absolute atomic E-state index is 12.1. The second-order valence-electron chi connectivity index (χ2n) is 6.20. The molecule has 1 aliphatic heterocycles. The molecule has 3 rings (SSSR count). The second-order valence-corrected chi connectivity index (χ2v) is 7.31. The maximum atomic E-state index is 12.1. The lowest BCUT2D eigenvalue weighted by Crippen LogP contribution is -2.23. The molecule has 0 saturated carbocycles. The number of hydrogen-bond acceptors (Lipinski definition) is 3. The van der Waals surface area contributed by atoms with Crippen molar-refractivity contribution >= 4 is 30.1 Å². The van der Waals surface area contributed by atoms with Crippen molar-refractivity contribution in [2.24, 2.45) is 5.92 Å². The standard InChI is InChI=1S/C20H24N2OS.ClH/c23-20(11-10-16-12-13-21-14-16)22-15-17-6-4-5-9-19(17)24-18-7-2-1-3-8-18;/h1-9,16,21H,10-15H2,(H,22,23);1H. The molecule has 1 atom stereocenters. The van der Waals surface area contributed by atoms with E-state index in [1.807, 2.05) is 30.3 Å². The molecule has 1 heterocycles. The summed E-state index contributed by atoms with van der Waals surface area (Å²) in [5, 5.41) is 6.43. The van der Waals surface area contributed by atoms with Crippen LogP contribution < -0.4 is 10.6 Å². The first-order valence-corrected chi connectivity index (χ1v) is 9.41. The Kier molecular flexibility index (Phi) is 8.32. The Labute approximate surface area is 160 Å². The number of amides is 1. The predicted octanol–water partition coefficient (Wildman–Crippen LogP) is 4.27. The first-order valence-electron chi connectivity index (χ1n) is 8.59. The number of hydrogen-bond donors (Lipinski definition) is 2. The van der Waals surface area contributed by atoms with Gasteiger partial charge in [-0.2, -0.15) is 0 Å². The van der Waals surface area contributed by atoms with Gasteiger partial charge in [-0.3, -0.25) is 4.79 Å². The van der Waals surface area contributed by atoms with Crippen molar-refractivity contribution in [2.45, 2.75) is 35.6 Å². The SMILES string of the molecule is Cl.O=C(CCC1CCNC1)NCc1ccccc1Sc1ccccc1. The number of carbonyl (C=O) groups excluding carboxylic acids is 1. The predicted molar refractivity (Wildman–Crippen MR) is 106 cm³/mol. The molecule has 134 valence electrons. The van der Waals surface area contributed by atoms with Crippen LogP contribution in [0.3, 0.4) is 0 Å². The number of benzene rings is 2. The summed E-state index contributed by atoms with van der Waals surface area (Å²) in [6.07, 6.45) is 2.81. The lowest BCUT2D eigenvalue weighted by Gasteiger charge is -2.11. The molecule has 2 N–H and O–H groups in total. The summed E-state index contributed by atoms with van der Waals surface area (Å²) in [7, 11) is 0. The zero-order valence-electron chi connectivity index (χ0n) is 14.2. The van der Waals surface area contributed by atoms with Crippen molar-refractivity contribution in [3.8, 4) is 0 Å². The van der Waals surface area contributed by atoms with Crippen molar-refractivity contribution < 1.29 is 4.79 Å². The molecule has 1 unspecified atom stereocenters. The number of carbonyl (C=O) groups is 1. The Hall–Kier alpha value is -1.49. The van der Waals surface area contributed by atoms with Crippen LogP contribution in [0.2, 0.25) is 0 Å². The molecule has 1 fully saturated rings. The van der Waals surface area contributed by atoms with Gasteiger partial charge < -0.3 is 10.6 Å². The minimum absolute atomic E-state index is 0. The van der Waals surface area contributed by atoms with Gasteiger partial charge in [-0.1, -0.05) is 48.2 Å². The maximum Gasteiger partial charge on any atom is 0.220 e. The molecule has 25 heavy (non-hydrogen) atoms. The molecule has 3 nitrogen and oxygen atoms in total. The van der Waals surface area contributed by atoms with Gasteiger partial charge in [-0.15, -0.1) is 12.4 Å². The van der Waals surface area contributed by atoms with Crippen molar-refractivity contribution in [1.29, 1.82) is 0 Å². The van der Waals surface area contributed by atoms with E-state index in [1.54, 1.807) is 11.8 Å². The van der Waals surface area contributed by atoms with Gasteiger partial charge in [0, 0.05) is 22.8 Å². The molecule has 0 spiro atoms. The Morgan fingerprint density at radius 1 is 1.12 bits per heavy atom. The van der Waals surface area contributed by atoms with Crippen LogP contribution in [0.15, 0.2) is 64.4 Å². The molecule has 2 aromatic rings. The van der Waals surface area contributed by atoms with E-state index in [4.69, 9.17) is 0 Å². The van der Waals surface area contributed by atoms with Gasteiger partial charge in [0.05, 0.1) is 0 Å². The highest BCUT2D eigenvalue weighted by atomic mass is 35.5. The summed E-state index contributed by atoms with van der Waals surface area (Å²) in [6, 6.07) is 18.6. The lowest BCUT2D eigenvalue weighted by atomic mass is 10.0. The van der Waals surface area contributed by atoms with Gasteiger partial charge in [-0.25, -0.2) is 0 Å². The molecule has 5 heteroatoms. The monoisotopic (exact) mass is 376 g/mol. The van der Waals surface area contributed by atoms with Crippen molar-refractivity contribution in [3.05, 3.63) is 60.2 Å². The fraction of sp³-hybridized carbons (Fsp3) is 0.350. The topological polar surface area (TPSA) is 41.1 Å². The van der Waals surface area contributed by atoms with Crippen molar-refractivity contribution in [2.75, 3.05) is 13.1 Å². The Bertz CT molecular complexity index is 660. The van der Waals surface area contributed by atoms with Gasteiger partial charge in [-0.05, 0) is 55.6 Å². The van der Waals surface area contributed by atoms with Gasteiger partial charge in [0.2, 0.25) is 5.91 Å². The first kappa shape index (κ1) is 19.8. The van der Waals surface area contributed by atoms with E-state index in [9.17, 15) is 4.79 Å². The van der Waals surface area contributed by atoms with E-state index in [-0.39, 0.29) is 18.3 Å². The van der Waals surface area contributed by atoms with Gasteiger partial charge in [0.15, 0.2) is 0 Å². The van der Waals surface area contributed by atoms with Crippen molar-refractivity contribution in [1.82, 2.24) is 10.6 Å². The molecule has 0 aromatic heterocycles. The van der Waals surface area contributed by atoms with Crippen LogP contribution in [0.5, 0.6) is 0 Å². The number of halogens is 1. The van der Waals surface area contributed by atoms with Gasteiger partial charge >= 0.3 is 0 Å². The first-order chi connectivity index (χ1) is 11.8. The molecule has 1 aliphatic rings. The Morgan fingerprint density at radius 2 is 1.88 bits per heavy atom. The quantitative estimate of drug-likeness (QED) is 0.758. The van der Waals surface area contributed by atoms with Crippen LogP contribution in [-0.4, -0.2) is 19.0 Å². The van der Waals surface area contributed by atoms with Crippen LogP contribution in [0.1, 0.15) is 24.8 Å². The zero-order valence-corrected chi connectivity index (χ0v) is 15.9. The highest BCUT2D eigenvalue weighted by molar-refractivity contribution is 7.99. The normalized spacial score (nSPS) is 16.2. The van der Waals surface area contributed by atoms with E-state index in [1.165, 1.54) is 21.8 Å². The minimum Gasteiger partial charge on any atom is -0.352 e. The average molecular weight is 377 g/mol. The summed E-state index contributed by atoms with van der Waals surface area (Å²) >= 11 is 1.74. The smallest absolute Gasteiger partial charge is 0.220 e. The molecule has 0 bridgehead atoms. The largest absolute Gasteiger partial charge is 0.352 e. The Morgan fingerprint density at radius 3 is 2.64 bits per heavy atom. The van der Waals surface area contributed by atoms with Crippen LogP contribution in [0.25, 0.3) is 0 Å². The zero-order chi connectivity index (χ0) is 16.6. The molecule has 2 aromatic carbocycles. The van der Waals surface area contributed by atoms with Crippen LogP contribution >= 0.6 is 24.2 Å². The van der Waals surface area contributed by atoms with E-state index in [0.717, 1.165) is 19.5 Å². The minimum atomic E-state index is 0. The molecule has 1 saturated heterocycles. The highest BCUT2D eigenvalue weighted by Crippen LogP contribution is 2.30. The van der Waals surface area contributed by atoms with Gasteiger partial charge in [0.1, 0.15) is 0 Å². The second kappa shape index (κ2) is 10.5. The summed E-state index contributed by atoms with van der Waals surface area (Å²) in [5.74, 6) is 0.818. The van der Waals surface area contributed by atoms with E-state index in [0.29, 0.717) is 18.9 Å². The number of rotatable bonds is 7. The molecule has 1 amide bonds. The Balaban J connectivity index is 0.00000225. The molecule has 0 aliphatic carbocycles. The fourth-order valence-corrected chi connectivity index (χ4v) is 3.91. The summed E-state index contributed by atoms with van der Waals surface area (Å²) in [6.45, 7) is 2.75. The molecular formula is C20H25ClN2OS.